The summed E-state index contributed by atoms with van der Waals surface area (Å²) >= 11 is 0. The minimum Gasteiger partial charge on any atom is -0.369 e. The van der Waals surface area contributed by atoms with E-state index in [4.69, 9.17) is 0 Å². The van der Waals surface area contributed by atoms with Crippen LogP contribution in [0.2, 0.25) is 0 Å². The van der Waals surface area contributed by atoms with Crippen LogP contribution < -0.4 is 15.1 Å². The van der Waals surface area contributed by atoms with Crippen LogP contribution in [0.1, 0.15) is 33.6 Å². The number of aromatic nitrogens is 2. The van der Waals surface area contributed by atoms with Crippen molar-refractivity contribution in [2.45, 2.75) is 39.7 Å². The number of hydrogen-bond donors (Lipinski definition) is 1. The Kier molecular flexibility index (Phi) is 6.29. The summed E-state index contributed by atoms with van der Waals surface area (Å²) in [5.74, 6) is 1.15. The number of amides is 1. The lowest BCUT2D eigenvalue weighted by Crippen LogP contribution is -2.46. The van der Waals surface area contributed by atoms with Crippen LogP contribution in [0.4, 0.5) is 11.6 Å². The summed E-state index contributed by atoms with van der Waals surface area (Å²) in [6.07, 6.45) is 5.64. The van der Waals surface area contributed by atoms with Crippen LogP contribution in [-0.2, 0) is 4.79 Å². The lowest BCUT2D eigenvalue weighted by Gasteiger charge is -2.35. The lowest BCUT2D eigenvalue weighted by atomic mass is 9.95. The molecule has 2 saturated heterocycles. The molecule has 1 amide bonds. The monoisotopic (exact) mass is 360 g/mol. The van der Waals surface area contributed by atoms with Gasteiger partial charge in [0.1, 0.15) is 0 Å². The summed E-state index contributed by atoms with van der Waals surface area (Å²) in [5, 5.41) is 3.03. The molecule has 7 nitrogen and oxygen atoms in total. The number of piperazine rings is 1. The van der Waals surface area contributed by atoms with Crippen LogP contribution in [0, 0.1) is 5.92 Å². The van der Waals surface area contributed by atoms with E-state index in [1.54, 1.807) is 0 Å². The minimum atomic E-state index is 0.128. The molecule has 1 N–H and O–H groups in total. The molecule has 0 aromatic carbocycles. The van der Waals surface area contributed by atoms with Gasteiger partial charge in [0.2, 0.25) is 11.9 Å². The van der Waals surface area contributed by atoms with Gasteiger partial charge in [0, 0.05) is 51.2 Å². The van der Waals surface area contributed by atoms with Crippen molar-refractivity contribution in [1.29, 1.82) is 0 Å². The van der Waals surface area contributed by atoms with E-state index < -0.39 is 0 Å². The van der Waals surface area contributed by atoms with Crippen molar-refractivity contribution in [3.8, 4) is 0 Å². The number of anilines is 2. The number of piperidine rings is 1. The second-order valence-corrected chi connectivity index (χ2v) is 7.59. The fourth-order valence-corrected chi connectivity index (χ4v) is 3.71. The zero-order valence-electron chi connectivity index (χ0n) is 16.3. The maximum absolute atomic E-state index is 12.2. The molecule has 144 valence electrons. The Hall–Kier alpha value is -1.89. The van der Waals surface area contributed by atoms with Gasteiger partial charge in [-0.3, -0.25) is 4.79 Å². The Morgan fingerprint density at radius 1 is 1.08 bits per heavy atom. The van der Waals surface area contributed by atoms with Gasteiger partial charge in [0.25, 0.3) is 0 Å². The van der Waals surface area contributed by atoms with E-state index in [9.17, 15) is 4.79 Å². The first-order valence-corrected chi connectivity index (χ1v) is 9.91. The van der Waals surface area contributed by atoms with Crippen molar-refractivity contribution >= 4 is 17.5 Å². The van der Waals surface area contributed by atoms with Crippen LogP contribution >= 0.6 is 0 Å². The summed E-state index contributed by atoms with van der Waals surface area (Å²) in [6.45, 7) is 13.2. The van der Waals surface area contributed by atoms with Gasteiger partial charge in [-0.05, 0) is 33.2 Å². The molecule has 0 radical (unpaired) electrons. The maximum Gasteiger partial charge on any atom is 0.225 e. The summed E-state index contributed by atoms with van der Waals surface area (Å²) in [5.41, 5.74) is 1.06. The molecule has 0 saturated carbocycles. The Morgan fingerprint density at radius 3 is 2.23 bits per heavy atom. The quantitative estimate of drug-likeness (QED) is 0.855. The van der Waals surface area contributed by atoms with Crippen molar-refractivity contribution in [3.05, 3.63) is 12.4 Å². The largest absolute Gasteiger partial charge is 0.369 e. The van der Waals surface area contributed by atoms with Gasteiger partial charge >= 0.3 is 0 Å². The molecule has 0 atom stereocenters. The van der Waals surface area contributed by atoms with Gasteiger partial charge in [-0.15, -0.1) is 0 Å². The van der Waals surface area contributed by atoms with Crippen molar-refractivity contribution in [2.24, 2.45) is 5.92 Å². The third kappa shape index (κ3) is 4.63. The fourth-order valence-electron chi connectivity index (χ4n) is 3.71. The molecule has 26 heavy (non-hydrogen) atoms. The number of likely N-dealkylation sites (N-methyl/N-ethyl adjacent to an activating group) is 1. The average Bonchev–Trinajstić information content (AvgIpc) is 2.68. The van der Waals surface area contributed by atoms with Crippen LogP contribution in [0.5, 0.6) is 0 Å². The number of nitrogens with zero attached hydrogens (tertiary/aromatic N) is 5. The van der Waals surface area contributed by atoms with Crippen molar-refractivity contribution in [3.63, 3.8) is 0 Å². The van der Waals surface area contributed by atoms with Crippen LogP contribution in [-0.4, -0.2) is 72.6 Å². The normalized spacial score (nSPS) is 19.8. The van der Waals surface area contributed by atoms with Gasteiger partial charge < -0.3 is 20.0 Å². The van der Waals surface area contributed by atoms with Crippen molar-refractivity contribution < 1.29 is 4.79 Å². The lowest BCUT2D eigenvalue weighted by molar-refractivity contribution is -0.126. The number of nitrogens with one attached hydrogen (secondary N) is 1. The molecule has 0 spiro atoms. The minimum absolute atomic E-state index is 0.128. The summed E-state index contributed by atoms with van der Waals surface area (Å²) < 4.78 is 0. The number of carbonyl (C=O) groups excluding carboxylic acids is 1. The Bertz CT molecular complexity index is 574. The third-order valence-corrected chi connectivity index (χ3v) is 5.39. The SMILES string of the molecule is CCN1CCN(c2ncc(N3CCC(C(=O)NC(C)C)CC3)cn2)CC1. The number of rotatable bonds is 5. The first-order valence-electron chi connectivity index (χ1n) is 9.91. The smallest absolute Gasteiger partial charge is 0.225 e. The highest BCUT2D eigenvalue weighted by Gasteiger charge is 2.26. The topological polar surface area (TPSA) is 64.6 Å². The predicted molar refractivity (Wildman–Crippen MR) is 105 cm³/mol. The van der Waals surface area contributed by atoms with E-state index in [1.165, 1.54) is 0 Å². The molecular weight excluding hydrogens is 328 g/mol. The second kappa shape index (κ2) is 8.66. The molecule has 1 aromatic rings. The highest BCUT2D eigenvalue weighted by molar-refractivity contribution is 5.79. The first-order chi connectivity index (χ1) is 12.6. The molecule has 2 aliphatic rings. The third-order valence-electron chi connectivity index (χ3n) is 5.39. The zero-order chi connectivity index (χ0) is 18.5. The molecule has 2 aliphatic heterocycles. The van der Waals surface area contributed by atoms with Gasteiger partial charge in [-0.1, -0.05) is 6.92 Å². The standard InChI is InChI=1S/C19H32N6O/c1-4-23-9-11-25(12-10-23)19-20-13-17(14-21-19)24-7-5-16(6-8-24)18(26)22-15(2)3/h13-16H,4-12H2,1-3H3,(H,22,26). The molecule has 1 aromatic heterocycles. The van der Waals surface area contributed by atoms with Gasteiger partial charge in [-0.25, -0.2) is 9.97 Å². The van der Waals surface area contributed by atoms with E-state index in [-0.39, 0.29) is 17.9 Å². The Balaban J connectivity index is 1.51. The Labute approximate surface area is 156 Å². The van der Waals surface area contributed by atoms with E-state index in [1.807, 2.05) is 26.2 Å². The molecule has 3 heterocycles. The predicted octanol–water partition coefficient (Wildman–Crippen LogP) is 1.36. The maximum atomic E-state index is 12.2. The number of hydrogen-bond acceptors (Lipinski definition) is 6. The summed E-state index contributed by atoms with van der Waals surface area (Å²) in [4.78, 5) is 28.3. The number of carbonyl (C=O) groups is 1. The molecule has 2 fully saturated rings. The van der Waals surface area contributed by atoms with E-state index in [0.717, 1.165) is 70.3 Å². The van der Waals surface area contributed by atoms with Crippen molar-refractivity contribution in [2.75, 3.05) is 55.6 Å². The Morgan fingerprint density at radius 2 is 1.69 bits per heavy atom. The molecule has 0 unspecified atom stereocenters. The highest BCUT2D eigenvalue weighted by atomic mass is 16.1. The van der Waals surface area contributed by atoms with Gasteiger partial charge in [-0.2, -0.15) is 0 Å². The van der Waals surface area contributed by atoms with Gasteiger partial charge in [0.05, 0.1) is 18.1 Å². The highest BCUT2D eigenvalue weighted by Crippen LogP contribution is 2.23. The first kappa shape index (κ1) is 18.9. The second-order valence-electron chi connectivity index (χ2n) is 7.59. The fraction of sp³-hybridized carbons (Fsp3) is 0.737. The molecule has 0 bridgehead atoms. The average molecular weight is 361 g/mol. The zero-order valence-corrected chi connectivity index (χ0v) is 16.3. The molecule has 0 aliphatic carbocycles. The van der Waals surface area contributed by atoms with Crippen LogP contribution in [0.3, 0.4) is 0 Å². The van der Waals surface area contributed by atoms with E-state index in [2.05, 4.69) is 36.9 Å². The van der Waals surface area contributed by atoms with Gasteiger partial charge in [0.15, 0.2) is 0 Å². The molecule has 7 heteroatoms. The van der Waals surface area contributed by atoms with E-state index >= 15 is 0 Å². The summed E-state index contributed by atoms with van der Waals surface area (Å²) in [6, 6.07) is 0.209. The van der Waals surface area contributed by atoms with Crippen molar-refractivity contribution in [1.82, 2.24) is 20.2 Å². The molecule has 3 rings (SSSR count). The van der Waals surface area contributed by atoms with Crippen LogP contribution in [0.15, 0.2) is 12.4 Å². The van der Waals surface area contributed by atoms with E-state index in [0.29, 0.717) is 0 Å². The summed E-state index contributed by atoms with van der Waals surface area (Å²) in [7, 11) is 0. The molecular formula is C19H32N6O. The van der Waals surface area contributed by atoms with Crippen LogP contribution in [0.25, 0.3) is 0 Å².